The van der Waals surface area contributed by atoms with Gasteiger partial charge in [-0.25, -0.2) is 0 Å². The van der Waals surface area contributed by atoms with Crippen LogP contribution in [0.1, 0.15) is 18.4 Å². The molecule has 5 heteroatoms. The van der Waals surface area contributed by atoms with Gasteiger partial charge in [-0.1, -0.05) is 17.7 Å². The van der Waals surface area contributed by atoms with Gasteiger partial charge in [-0.15, -0.1) is 0 Å². The summed E-state index contributed by atoms with van der Waals surface area (Å²) < 4.78 is 0. The second kappa shape index (κ2) is 6.37. The first-order valence-corrected chi connectivity index (χ1v) is 6.96. The summed E-state index contributed by atoms with van der Waals surface area (Å²) in [6.45, 7) is 4.14. The zero-order valence-electron chi connectivity index (χ0n) is 11.2. The molecule has 19 heavy (non-hydrogen) atoms. The van der Waals surface area contributed by atoms with E-state index in [1.807, 2.05) is 19.1 Å². The van der Waals surface area contributed by atoms with Crippen molar-refractivity contribution < 1.29 is 4.79 Å². The standard InChI is InChI=1S/C14H20ClN3O/c1-10-2-3-12(15)13(8-10)17-14(19)9-18-6-4-11(16)5-7-18/h2-3,8,11H,4-7,9,16H2,1H3,(H,17,19). The lowest BCUT2D eigenvalue weighted by molar-refractivity contribution is -0.117. The van der Waals surface area contributed by atoms with Crippen LogP contribution in [0, 0.1) is 6.92 Å². The topological polar surface area (TPSA) is 58.4 Å². The average molecular weight is 282 g/mol. The van der Waals surface area contributed by atoms with Crippen molar-refractivity contribution in [2.45, 2.75) is 25.8 Å². The number of nitrogens with two attached hydrogens (primary N) is 1. The number of carbonyl (C=O) groups is 1. The van der Waals surface area contributed by atoms with Crippen LogP contribution in [0.2, 0.25) is 5.02 Å². The van der Waals surface area contributed by atoms with Crippen LogP contribution in [0.15, 0.2) is 18.2 Å². The van der Waals surface area contributed by atoms with Crippen LogP contribution < -0.4 is 11.1 Å². The number of aryl methyl sites for hydroxylation is 1. The molecule has 0 spiro atoms. The molecule has 0 saturated carbocycles. The molecule has 0 radical (unpaired) electrons. The Morgan fingerprint density at radius 2 is 2.16 bits per heavy atom. The van der Waals surface area contributed by atoms with Crippen LogP contribution in [0.3, 0.4) is 0 Å². The van der Waals surface area contributed by atoms with Crippen molar-refractivity contribution in [3.05, 3.63) is 28.8 Å². The minimum atomic E-state index is -0.0250. The highest BCUT2D eigenvalue weighted by molar-refractivity contribution is 6.33. The number of anilines is 1. The maximum Gasteiger partial charge on any atom is 0.238 e. The van der Waals surface area contributed by atoms with Gasteiger partial charge in [0.05, 0.1) is 17.3 Å². The first-order valence-electron chi connectivity index (χ1n) is 6.58. The second-order valence-corrected chi connectivity index (χ2v) is 5.55. The molecule has 2 rings (SSSR count). The van der Waals surface area contributed by atoms with E-state index in [1.165, 1.54) is 0 Å². The summed E-state index contributed by atoms with van der Waals surface area (Å²) in [5, 5.41) is 3.43. The predicted octanol–water partition coefficient (Wildman–Crippen LogP) is 2.01. The third-order valence-electron chi connectivity index (χ3n) is 3.40. The average Bonchev–Trinajstić information content (AvgIpc) is 2.37. The zero-order chi connectivity index (χ0) is 13.8. The molecule has 0 bridgehead atoms. The predicted molar refractivity (Wildman–Crippen MR) is 78.5 cm³/mol. The first-order chi connectivity index (χ1) is 9.04. The van der Waals surface area contributed by atoms with Crippen LogP contribution in [-0.4, -0.2) is 36.5 Å². The number of hydrogen-bond donors (Lipinski definition) is 2. The van der Waals surface area contributed by atoms with Gasteiger partial charge in [-0.3, -0.25) is 9.69 Å². The Bertz CT molecular complexity index is 456. The summed E-state index contributed by atoms with van der Waals surface area (Å²) in [5.41, 5.74) is 7.60. The lowest BCUT2D eigenvalue weighted by atomic mass is 10.1. The van der Waals surface area contributed by atoms with Gasteiger partial charge in [0, 0.05) is 19.1 Å². The molecule has 1 aliphatic heterocycles. The molecular weight excluding hydrogens is 262 g/mol. The van der Waals surface area contributed by atoms with Gasteiger partial charge < -0.3 is 11.1 Å². The zero-order valence-corrected chi connectivity index (χ0v) is 11.9. The largest absolute Gasteiger partial charge is 0.328 e. The lowest BCUT2D eigenvalue weighted by Gasteiger charge is -2.29. The molecule has 1 saturated heterocycles. The number of rotatable bonds is 3. The SMILES string of the molecule is Cc1ccc(Cl)c(NC(=O)CN2CCC(N)CC2)c1. The van der Waals surface area contributed by atoms with Crippen molar-refractivity contribution in [1.82, 2.24) is 4.90 Å². The molecule has 0 aromatic heterocycles. The van der Waals surface area contributed by atoms with Gasteiger partial charge >= 0.3 is 0 Å². The van der Waals surface area contributed by atoms with Gasteiger partial charge in [-0.2, -0.15) is 0 Å². The normalized spacial score (nSPS) is 17.4. The monoisotopic (exact) mass is 281 g/mol. The maximum absolute atomic E-state index is 12.0. The maximum atomic E-state index is 12.0. The molecule has 3 N–H and O–H groups in total. The summed E-state index contributed by atoms with van der Waals surface area (Å²) >= 11 is 6.06. The summed E-state index contributed by atoms with van der Waals surface area (Å²) in [6, 6.07) is 5.88. The number of likely N-dealkylation sites (tertiary alicyclic amines) is 1. The fourth-order valence-electron chi connectivity index (χ4n) is 2.24. The minimum Gasteiger partial charge on any atom is -0.328 e. The Morgan fingerprint density at radius 1 is 1.47 bits per heavy atom. The van der Waals surface area contributed by atoms with Gasteiger partial charge in [0.15, 0.2) is 0 Å². The molecule has 1 aliphatic rings. The molecule has 4 nitrogen and oxygen atoms in total. The summed E-state index contributed by atoms with van der Waals surface area (Å²) in [5.74, 6) is -0.0250. The van der Waals surface area contributed by atoms with E-state index in [0.29, 0.717) is 17.3 Å². The number of nitrogens with zero attached hydrogens (tertiary/aromatic N) is 1. The molecule has 1 aromatic carbocycles. The molecule has 1 fully saturated rings. The van der Waals surface area contributed by atoms with Crippen molar-refractivity contribution in [1.29, 1.82) is 0 Å². The van der Waals surface area contributed by atoms with Crippen LogP contribution in [-0.2, 0) is 4.79 Å². The van der Waals surface area contributed by atoms with E-state index in [9.17, 15) is 4.79 Å². The molecule has 1 amide bonds. The summed E-state index contributed by atoms with van der Waals surface area (Å²) in [7, 11) is 0. The van der Waals surface area contributed by atoms with Crippen molar-refractivity contribution in [2.24, 2.45) is 5.73 Å². The number of hydrogen-bond acceptors (Lipinski definition) is 3. The Balaban J connectivity index is 1.89. The van der Waals surface area contributed by atoms with Crippen molar-refractivity contribution >= 4 is 23.2 Å². The van der Waals surface area contributed by atoms with Gasteiger partial charge in [-0.05, 0) is 37.5 Å². The fraction of sp³-hybridized carbons (Fsp3) is 0.500. The minimum absolute atomic E-state index is 0.0250. The van der Waals surface area contributed by atoms with Crippen molar-refractivity contribution in [3.63, 3.8) is 0 Å². The molecule has 0 unspecified atom stereocenters. The van der Waals surface area contributed by atoms with E-state index in [-0.39, 0.29) is 11.9 Å². The quantitative estimate of drug-likeness (QED) is 0.891. The molecule has 0 atom stereocenters. The van der Waals surface area contributed by atoms with Crippen LogP contribution in [0.25, 0.3) is 0 Å². The van der Waals surface area contributed by atoms with Gasteiger partial charge in [0.1, 0.15) is 0 Å². The highest BCUT2D eigenvalue weighted by Crippen LogP contribution is 2.22. The third-order valence-corrected chi connectivity index (χ3v) is 3.72. The number of nitrogens with one attached hydrogen (secondary N) is 1. The van der Waals surface area contributed by atoms with Crippen LogP contribution >= 0.6 is 11.6 Å². The summed E-state index contributed by atoms with van der Waals surface area (Å²) in [4.78, 5) is 14.1. The molecule has 104 valence electrons. The Kier molecular flexibility index (Phi) is 4.80. The number of benzene rings is 1. The highest BCUT2D eigenvalue weighted by atomic mass is 35.5. The fourth-order valence-corrected chi connectivity index (χ4v) is 2.40. The lowest BCUT2D eigenvalue weighted by Crippen LogP contribution is -2.43. The third kappa shape index (κ3) is 4.20. The molecule has 1 aromatic rings. The summed E-state index contributed by atoms with van der Waals surface area (Å²) in [6.07, 6.45) is 1.91. The first kappa shape index (κ1) is 14.3. The van der Waals surface area contributed by atoms with E-state index in [0.717, 1.165) is 31.5 Å². The van der Waals surface area contributed by atoms with E-state index < -0.39 is 0 Å². The Labute approximate surface area is 118 Å². The number of amides is 1. The number of piperidine rings is 1. The molecular formula is C14H20ClN3O. The number of carbonyl (C=O) groups excluding carboxylic acids is 1. The molecule has 0 aliphatic carbocycles. The Hall–Kier alpha value is -1.10. The Morgan fingerprint density at radius 3 is 2.84 bits per heavy atom. The van der Waals surface area contributed by atoms with E-state index in [1.54, 1.807) is 6.07 Å². The van der Waals surface area contributed by atoms with E-state index in [4.69, 9.17) is 17.3 Å². The van der Waals surface area contributed by atoms with Crippen LogP contribution in [0.4, 0.5) is 5.69 Å². The van der Waals surface area contributed by atoms with E-state index in [2.05, 4.69) is 10.2 Å². The van der Waals surface area contributed by atoms with Crippen molar-refractivity contribution in [2.75, 3.05) is 25.0 Å². The van der Waals surface area contributed by atoms with Crippen molar-refractivity contribution in [3.8, 4) is 0 Å². The smallest absolute Gasteiger partial charge is 0.238 e. The number of halogens is 1. The second-order valence-electron chi connectivity index (χ2n) is 5.15. The van der Waals surface area contributed by atoms with Gasteiger partial charge in [0.25, 0.3) is 0 Å². The van der Waals surface area contributed by atoms with Crippen LogP contribution in [0.5, 0.6) is 0 Å². The van der Waals surface area contributed by atoms with Gasteiger partial charge in [0.2, 0.25) is 5.91 Å². The molecule has 1 heterocycles. The van der Waals surface area contributed by atoms with E-state index >= 15 is 0 Å². The highest BCUT2D eigenvalue weighted by Gasteiger charge is 2.18.